The molecule has 1 aliphatic carbocycles. The number of carboxylic acids is 1. The first-order valence-corrected chi connectivity index (χ1v) is 9.51. The van der Waals surface area contributed by atoms with Gasteiger partial charge in [0, 0.05) is 22.4 Å². The van der Waals surface area contributed by atoms with Crippen molar-refractivity contribution in [2.75, 3.05) is 11.1 Å². The van der Waals surface area contributed by atoms with Crippen LogP contribution in [0.1, 0.15) is 23.5 Å². The Morgan fingerprint density at radius 1 is 1.20 bits per heavy atom. The highest BCUT2D eigenvalue weighted by Gasteiger charge is 2.43. The van der Waals surface area contributed by atoms with Crippen molar-refractivity contribution in [3.05, 3.63) is 64.7 Å². The fourth-order valence-electron chi connectivity index (χ4n) is 2.82. The highest BCUT2D eigenvalue weighted by atomic mass is 35.5. The van der Waals surface area contributed by atoms with Crippen LogP contribution in [0.5, 0.6) is 0 Å². The van der Waals surface area contributed by atoms with E-state index in [-0.39, 0.29) is 23.5 Å². The second-order valence-electron chi connectivity index (χ2n) is 6.08. The molecule has 4 nitrogen and oxygen atoms in total. The summed E-state index contributed by atoms with van der Waals surface area (Å²) in [7, 11) is 0. The minimum absolute atomic E-state index is 0.0142. The van der Waals surface area contributed by atoms with Crippen molar-refractivity contribution in [3.63, 3.8) is 0 Å². The summed E-state index contributed by atoms with van der Waals surface area (Å²) in [6, 6.07) is 15.2. The molecule has 0 aromatic heterocycles. The molecule has 0 saturated heterocycles. The van der Waals surface area contributed by atoms with Gasteiger partial charge in [0.05, 0.1) is 5.75 Å². The van der Waals surface area contributed by atoms with Crippen LogP contribution in [-0.4, -0.2) is 22.7 Å². The standard InChI is InChI=1S/C19H18ClNO3S/c20-14-5-2-4-13(8-14)16-9-17(16)19(24)21-15-6-1-3-12(7-15)10-25-11-18(22)23/h1-8,16-17H,9-11H2,(H,21,24)(H,22,23). The number of thioether (sulfide) groups is 1. The van der Waals surface area contributed by atoms with Crippen LogP contribution in [0.15, 0.2) is 48.5 Å². The van der Waals surface area contributed by atoms with E-state index in [0.717, 1.165) is 23.2 Å². The van der Waals surface area contributed by atoms with E-state index in [1.54, 1.807) is 0 Å². The summed E-state index contributed by atoms with van der Waals surface area (Å²) in [5.74, 6) is 0.0666. The number of amides is 1. The Balaban J connectivity index is 1.56. The number of benzene rings is 2. The molecule has 2 atom stereocenters. The maximum Gasteiger partial charge on any atom is 0.313 e. The van der Waals surface area contributed by atoms with Crippen LogP contribution in [-0.2, 0) is 15.3 Å². The second-order valence-corrected chi connectivity index (χ2v) is 7.50. The first kappa shape index (κ1) is 17.8. The summed E-state index contributed by atoms with van der Waals surface area (Å²) < 4.78 is 0. The molecule has 2 unspecified atom stereocenters. The molecule has 0 bridgehead atoms. The zero-order valence-electron chi connectivity index (χ0n) is 13.4. The monoisotopic (exact) mass is 375 g/mol. The predicted molar refractivity (Wildman–Crippen MR) is 101 cm³/mol. The third kappa shape index (κ3) is 5.00. The van der Waals surface area contributed by atoms with Crippen LogP contribution in [0.25, 0.3) is 0 Å². The van der Waals surface area contributed by atoms with Gasteiger partial charge < -0.3 is 10.4 Å². The average molecular weight is 376 g/mol. The topological polar surface area (TPSA) is 66.4 Å². The lowest BCUT2D eigenvalue weighted by Crippen LogP contribution is -2.14. The van der Waals surface area contributed by atoms with Crippen molar-refractivity contribution in [1.82, 2.24) is 0 Å². The van der Waals surface area contributed by atoms with Crippen molar-refractivity contribution < 1.29 is 14.7 Å². The molecule has 1 fully saturated rings. The first-order chi connectivity index (χ1) is 12.0. The Labute approximate surface area is 155 Å². The molecule has 1 amide bonds. The van der Waals surface area contributed by atoms with Gasteiger partial charge >= 0.3 is 5.97 Å². The van der Waals surface area contributed by atoms with E-state index in [0.29, 0.717) is 10.8 Å². The molecule has 0 spiro atoms. The van der Waals surface area contributed by atoms with E-state index < -0.39 is 5.97 Å². The number of carboxylic acid groups (broad SMARTS) is 1. The minimum Gasteiger partial charge on any atom is -0.481 e. The molecular formula is C19H18ClNO3S. The van der Waals surface area contributed by atoms with E-state index in [1.807, 2.05) is 48.5 Å². The highest BCUT2D eigenvalue weighted by molar-refractivity contribution is 7.99. The van der Waals surface area contributed by atoms with Crippen molar-refractivity contribution in [1.29, 1.82) is 0 Å². The molecule has 0 aliphatic heterocycles. The number of hydrogen-bond donors (Lipinski definition) is 2. The van der Waals surface area contributed by atoms with Crippen LogP contribution < -0.4 is 5.32 Å². The summed E-state index contributed by atoms with van der Waals surface area (Å²) in [6.45, 7) is 0. The lowest BCUT2D eigenvalue weighted by molar-refractivity contribution is -0.133. The molecule has 1 saturated carbocycles. The van der Waals surface area contributed by atoms with Gasteiger partial charge in [0.25, 0.3) is 0 Å². The van der Waals surface area contributed by atoms with E-state index in [4.69, 9.17) is 16.7 Å². The normalized spacial score (nSPS) is 18.6. The van der Waals surface area contributed by atoms with Crippen molar-refractivity contribution in [2.45, 2.75) is 18.1 Å². The first-order valence-electron chi connectivity index (χ1n) is 7.98. The van der Waals surface area contributed by atoms with Crippen LogP contribution in [0.2, 0.25) is 5.02 Å². The largest absolute Gasteiger partial charge is 0.481 e. The molecule has 2 N–H and O–H groups in total. The predicted octanol–water partition coefficient (Wildman–Crippen LogP) is 4.40. The molecule has 3 rings (SSSR count). The third-order valence-electron chi connectivity index (χ3n) is 4.09. The second kappa shape index (κ2) is 7.93. The minimum atomic E-state index is -0.824. The Bertz CT molecular complexity index is 796. The number of carbonyl (C=O) groups excluding carboxylic acids is 1. The number of carbonyl (C=O) groups is 2. The Morgan fingerprint density at radius 3 is 2.76 bits per heavy atom. The lowest BCUT2D eigenvalue weighted by atomic mass is 10.1. The summed E-state index contributed by atoms with van der Waals surface area (Å²) in [4.78, 5) is 23.0. The number of hydrogen-bond acceptors (Lipinski definition) is 3. The van der Waals surface area contributed by atoms with Gasteiger partial charge in [-0.05, 0) is 47.7 Å². The van der Waals surface area contributed by atoms with Crippen molar-refractivity contribution in [3.8, 4) is 0 Å². The van der Waals surface area contributed by atoms with Gasteiger partial charge in [0.1, 0.15) is 0 Å². The Morgan fingerprint density at radius 2 is 2.00 bits per heavy atom. The smallest absolute Gasteiger partial charge is 0.313 e. The third-order valence-corrected chi connectivity index (χ3v) is 5.32. The lowest BCUT2D eigenvalue weighted by Gasteiger charge is -2.07. The number of rotatable bonds is 7. The van der Waals surface area contributed by atoms with Gasteiger partial charge in [-0.3, -0.25) is 9.59 Å². The van der Waals surface area contributed by atoms with Crippen LogP contribution >= 0.6 is 23.4 Å². The van der Waals surface area contributed by atoms with E-state index in [1.165, 1.54) is 11.8 Å². The molecule has 2 aromatic carbocycles. The van der Waals surface area contributed by atoms with Gasteiger partial charge in [-0.15, -0.1) is 11.8 Å². The molecule has 0 radical (unpaired) electrons. The maximum atomic E-state index is 12.4. The van der Waals surface area contributed by atoms with Crippen molar-refractivity contribution in [2.24, 2.45) is 5.92 Å². The number of anilines is 1. The van der Waals surface area contributed by atoms with E-state index in [9.17, 15) is 9.59 Å². The molecule has 1 aliphatic rings. The number of nitrogens with one attached hydrogen (secondary N) is 1. The quantitative estimate of drug-likeness (QED) is 0.752. The zero-order valence-corrected chi connectivity index (χ0v) is 15.0. The molecule has 130 valence electrons. The SMILES string of the molecule is O=C(O)CSCc1cccc(NC(=O)C2CC2c2cccc(Cl)c2)c1. The van der Waals surface area contributed by atoms with Crippen LogP contribution in [0.3, 0.4) is 0 Å². The van der Waals surface area contributed by atoms with Gasteiger partial charge in [0.2, 0.25) is 5.91 Å². The van der Waals surface area contributed by atoms with Gasteiger partial charge in [-0.1, -0.05) is 35.9 Å². The Hall–Kier alpha value is -1.98. The van der Waals surface area contributed by atoms with Gasteiger partial charge in [-0.2, -0.15) is 0 Å². The summed E-state index contributed by atoms with van der Waals surface area (Å²) in [5.41, 5.74) is 2.84. The van der Waals surface area contributed by atoms with Crippen molar-refractivity contribution >= 4 is 40.9 Å². The summed E-state index contributed by atoms with van der Waals surface area (Å²) in [6.07, 6.45) is 0.834. The number of halogens is 1. The number of aliphatic carboxylic acids is 1. The zero-order chi connectivity index (χ0) is 17.8. The van der Waals surface area contributed by atoms with Crippen LogP contribution in [0, 0.1) is 5.92 Å². The summed E-state index contributed by atoms with van der Waals surface area (Å²) >= 11 is 7.35. The van der Waals surface area contributed by atoms with Gasteiger partial charge in [-0.25, -0.2) is 0 Å². The van der Waals surface area contributed by atoms with E-state index in [2.05, 4.69) is 5.32 Å². The molecule has 0 heterocycles. The molecule has 6 heteroatoms. The Kier molecular flexibility index (Phi) is 5.66. The summed E-state index contributed by atoms with van der Waals surface area (Å²) in [5, 5.41) is 12.3. The average Bonchev–Trinajstić information content (AvgIpc) is 3.36. The molecular weight excluding hydrogens is 358 g/mol. The molecule has 25 heavy (non-hydrogen) atoms. The highest BCUT2D eigenvalue weighted by Crippen LogP contribution is 2.48. The fraction of sp³-hybridized carbons (Fsp3) is 0.263. The van der Waals surface area contributed by atoms with Gasteiger partial charge in [0.15, 0.2) is 0 Å². The van der Waals surface area contributed by atoms with Crippen LogP contribution in [0.4, 0.5) is 5.69 Å². The fourth-order valence-corrected chi connectivity index (χ4v) is 3.71. The van der Waals surface area contributed by atoms with E-state index >= 15 is 0 Å². The maximum absolute atomic E-state index is 12.4. The molecule has 2 aromatic rings.